The third-order valence-electron chi connectivity index (χ3n) is 10.3. The summed E-state index contributed by atoms with van der Waals surface area (Å²) >= 11 is 18.9. The maximum Gasteiger partial charge on any atom is 0.407 e. The summed E-state index contributed by atoms with van der Waals surface area (Å²) in [6.45, 7) is 9.95. The van der Waals surface area contributed by atoms with Crippen LogP contribution in [0.2, 0.25) is 15.1 Å². The van der Waals surface area contributed by atoms with Crippen molar-refractivity contribution < 1.29 is 14.3 Å². The number of benzene rings is 3. The van der Waals surface area contributed by atoms with Gasteiger partial charge in [-0.1, -0.05) is 96.5 Å². The van der Waals surface area contributed by atoms with Gasteiger partial charge in [0.1, 0.15) is 11.3 Å². The van der Waals surface area contributed by atoms with Gasteiger partial charge in [-0.05, 0) is 83.2 Å². The molecule has 286 valence electrons. The Morgan fingerprint density at radius 3 is 2.24 bits per heavy atom. The number of hydrogen-bond donors (Lipinski definition) is 3. The number of carbonyl (C=O) groups excluding carboxylic acids is 2. The Morgan fingerprint density at radius 1 is 0.926 bits per heavy atom. The third kappa shape index (κ3) is 9.43. The second-order valence-electron chi connectivity index (χ2n) is 15.2. The smallest absolute Gasteiger partial charge is 0.407 e. The van der Waals surface area contributed by atoms with Crippen molar-refractivity contribution in [2.45, 2.75) is 96.4 Å². The van der Waals surface area contributed by atoms with Gasteiger partial charge in [-0.3, -0.25) is 4.79 Å². The number of halogens is 3. The number of aromatic nitrogens is 3. The quantitative estimate of drug-likeness (QED) is 0.152. The Kier molecular flexibility index (Phi) is 12.6. The third-order valence-corrected chi connectivity index (χ3v) is 11.1. The van der Waals surface area contributed by atoms with Gasteiger partial charge in [0, 0.05) is 62.3 Å². The maximum atomic E-state index is 12.6. The highest BCUT2D eigenvalue weighted by atomic mass is 35.5. The summed E-state index contributed by atoms with van der Waals surface area (Å²) in [5.41, 5.74) is 10.3. The van der Waals surface area contributed by atoms with Crippen LogP contribution in [0, 0.1) is 0 Å². The van der Waals surface area contributed by atoms with Crippen LogP contribution in [0.1, 0.15) is 94.7 Å². The number of ether oxygens (including phenoxy) is 1. The molecule has 1 aliphatic carbocycles. The molecule has 4 N–H and O–H groups in total. The molecule has 1 saturated carbocycles. The van der Waals surface area contributed by atoms with Gasteiger partial charge in [-0.25, -0.2) is 9.78 Å². The standard InChI is InChI=1S/C26H19Cl3N4O.C16H30N2O2/c1-14(18-9-7-16(27)11-20(18)29)33-13-31-23(15-5-3-2-4-6-15)25(33)22-19-10-8-17(28)12-21(19)32-24(22)26(30)34;1-16(2,3)20-15(19)17-13-9-11-18(12-10-13)14-7-5-4-6-8-14/h2-14,32H,1H3,(H2,30,34);13-14H,4-12H2,1-3H3,(H,17,19). The molecule has 3 aromatic carbocycles. The van der Waals surface area contributed by atoms with Crippen molar-refractivity contribution in [2.24, 2.45) is 5.73 Å². The SMILES string of the molecule is CC(C)(C)OC(=O)NC1CCN(C2CCCCC2)CC1.CC(c1ccc(Cl)cc1Cl)n1cnc(-c2ccccc2)c1-c1c(C(N)=O)[nH]c2cc(Cl)ccc12. The number of piperidine rings is 1. The van der Waals surface area contributed by atoms with Gasteiger partial charge in [0.25, 0.3) is 5.91 Å². The number of likely N-dealkylation sites (tertiary alicyclic amines) is 1. The average molecular weight is 792 g/mol. The van der Waals surface area contributed by atoms with Crippen LogP contribution in [0.3, 0.4) is 0 Å². The fraction of sp³-hybridized carbons (Fsp3) is 0.405. The normalized spacial score (nSPS) is 16.4. The highest BCUT2D eigenvalue weighted by Gasteiger charge is 2.29. The number of nitrogens with two attached hydrogens (primary N) is 1. The first-order valence-electron chi connectivity index (χ1n) is 18.7. The number of aromatic amines is 1. The van der Waals surface area contributed by atoms with Gasteiger partial charge >= 0.3 is 6.09 Å². The van der Waals surface area contributed by atoms with Gasteiger partial charge in [0.2, 0.25) is 0 Å². The summed E-state index contributed by atoms with van der Waals surface area (Å²) in [7, 11) is 0. The predicted octanol–water partition coefficient (Wildman–Crippen LogP) is 10.7. The number of rotatable bonds is 7. The summed E-state index contributed by atoms with van der Waals surface area (Å²) in [6, 6.07) is 21.5. The Labute approximate surface area is 332 Å². The van der Waals surface area contributed by atoms with E-state index >= 15 is 0 Å². The summed E-state index contributed by atoms with van der Waals surface area (Å²) in [5.74, 6) is -0.578. The van der Waals surface area contributed by atoms with Gasteiger partial charge in [0.15, 0.2) is 0 Å². The van der Waals surface area contributed by atoms with Crippen molar-refractivity contribution >= 4 is 57.7 Å². The number of amides is 2. The maximum absolute atomic E-state index is 12.6. The first kappa shape index (κ1) is 39.7. The fourth-order valence-corrected chi connectivity index (χ4v) is 8.37. The number of nitrogens with one attached hydrogen (secondary N) is 2. The van der Waals surface area contributed by atoms with Gasteiger partial charge in [-0.15, -0.1) is 0 Å². The number of carbonyl (C=O) groups is 2. The highest BCUT2D eigenvalue weighted by Crippen LogP contribution is 2.42. The van der Waals surface area contributed by atoms with Crippen molar-refractivity contribution in [3.05, 3.63) is 99.4 Å². The summed E-state index contributed by atoms with van der Waals surface area (Å²) in [4.78, 5) is 34.9. The largest absolute Gasteiger partial charge is 0.444 e. The summed E-state index contributed by atoms with van der Waals surface area (Å²) in [5, 5.41) is 5.47. The van der Waals surface area contributed by atoms with Gasteiger partial charge in [-0.2, -0.15) is 0 Å². The number of H-pyrrole nitrogens is 1. The number of hydrogen-bond acceptors (Lipinski definition) is 5. The van der Waals surface area contributed by atoms with Crippen LogP contribution in [-0.2, 0) is 4.74 Å². The Hall–Kier alpha value is -4.02. The molecule has 2 aromatic heterocycles. The van der Waals surface area contributed by atoms with E-state index in [-0.39, 0.29) is 23.9 Å². The molecule has 1 aliphatic heterocycles. The topological polar surface area (TPSA) is 118 Å². The molecule has 2 fully saturated rings. The lowest BCUT2D eigenvalue weighted by molar-refractivity contribution is 0.0459. The van der Waals surface area contributed by atoms with E-state index in [1.165, 1.54) is 32.1 Å². The average Bonchev–Trinajstić information content (AvgIpc) is 3.73. The highest BCUT2D eigenvalue weighted by molar-refractivity contribution is 6.35. The first-order chi connectivity index (χ1) is 25.8. The molecule has 0 spiro atoms. The molecule has 5 aromatic rings. The molecule has 7 rings (SSSR count). The molecule has 54 heavy (non-hydrogen) atoms. The molecule has 12 heteroatoms. The molecule has 2 aliphatic rings. The monoisotopic (exact) mass is 790 g/mol. The zero-order chi connectivity index (χ0) is 38.6. The molecule has 3 heterocycles. The van der Waals surface area contributed by atoms with Crippen LogP contribution < -0.4 is 11.1 Å². The molecule has 1 unspecified atom stereocenters. The minimum atomic E-state index is -0.578. The van der Waals surface area contributed by atoms with Crippen molar-refractivity contribution in [1.29, 1.82) is 0 Å². The van der Waals surface area contributed by atoms with Crippen LogP contribution in [0.5, 0.6) is 0 Å². The van der Waals surface area contributed by atoms with Crippen LogP contribution in [0.25, 0.3) is 33.4 Å². The summed E-state index contributed by atoms with van der Waals surface area (Å²) in [6.07, 6.45) is 10.5. The second-order valence-corrected chi connectivity index (χ2v) is 16.5. The van der Waals surface area contributed by atoms with Crippen LogP contribution in [0.15, 0.2) is 73.1 Å². The molecule has 1 atom stereocenters. The molecule has 0 bridgehead atoms. The van der Waals surface area contributed by atoms with Crippen molar-refractivity contribution in [1.82, 2.24) is 24.8 Å². The molecule has 0 radical (unpaired) electrons. The minimum absolute atomic E-state index is 0.220. The van der Waals surface area contributed by atoms with E-state index in [0.717, 1.165) is 59.9 Å². The van der Waals surface area contributed by atoms with E-state index in [1.54, 1.807) is 30.6 Å². The molecule has 1 saturated heterocycles. The Morgan fingerprint density at radius 2 is 1.59 bits per heavy atom. The van der Waals surface area contributed by atoms with Crippen molar-refractivity contribution in [3.8, 4) is 22.5 Å². The van der Waals surface area contributed by atoms with Crippen LogP contribution in [0.4, 0.5) is 4.79 Å². The number of primary amides is 1. The number of alkyl carbamates (subject to hydrolysis) is 1. The molecular formula is C42H49Cl3N6O3. The number of imidazole rings is 1. The number of nitrogens with zero attached hydrogens (tertiary/aromatic N) is 3. The molecule has 2 amide bonds. The lowest BCUT2D eigenvalue weighted by Crippen LogP contribution is -2.49. The fourth-order valence-electron chi connectivity index (χ4n) is 7.63. The van der Waals surface area contributed by atoms with E-state index in [4.69, 9.17) is 50.3 Å². The summed E-state index contributed by atoms with van der Waals surface area (Å²) < 4.78 is 7.32. The lowest BCUT2D eigenvalue weighted by Gasteiger charge is -2.39. The van der Waals surface area contributed by atoms with E-state index in [1.807, 2.05) is 74.7 Å². The van der Waals surface area contributed by atoms with E-state index in [9.17, 15) is 9.59 Å². The zero-order valence-electron chi connectivity index (χ0n) is 31.3. The minimum Gasteiger partial charge on any atom is -0.444 e. The van der Waals surface area contributed by atoms with Crippen LogP contribution >= 0.6 is 34.8 Å². The Bertz CT molecular complexity index is 2080. The number of fused-ring (bicyclic) bond motifs is 1. The van der Waals surface area contributed by atoms with Crippen molar-refractivity contribution in [3.63, 3.8) is 0 Å². The van der Waals surface area contributed by atoms with E-state index in [0.29, 0.717) is 26.1 Å². The first-order valence-corrected chi connectivity index (χ1v) is 19.8. The lowest BCUT2D eigenvalue weighted by atomic mass is 9.92. The molecule has 9 nitrogen and oxygen atoms in total. The molecular weight excluding hydrogens is 743 g/mol. The predicted molar refractivity (Wildman–Crippen MR) is 220 cm³/mol. The zero-order valence-corrected chi connectivity index (χ0v) is 33.6. The van der Waals surface area contributed by atoms with Crippen LogP contribution in [-0.4, -0.2) is 62.2 Å². The van der Waals surface area contributed by atoms with E-state index < -0.39 is 11.5 Å². The van der Waals surface area contributed by atoms with Gasteiger partial charge in [0.05, 0.1) is 23.8 Å². The Balaban J connectivity index is 0.000000212. The second kappa shape index (κ2) is 17.2. The van der Waals surface area contributed by atoms with E-state index in [2.05, 4.69) is 15.2 Å². The van der Waals surface area contributed by atoms with Crippen molar-refractivity contribution in [2.75, 3.05) is 13.1 Å². The van der Waals surface area contributed by atoms with Gasteiger partial charge < -0.3 is 30.2 Å².